The molecule has 0 unspecified atom stereocenters. The molecule has 2 N–H and O–H groups in total. The number of nitrogens with zero attached hydrogens (tertiary/aromatic N) is 1. The van der Waals surface area contributed by atoms with Crippen LogP contribution >= 0.6 is 0 Å². The number of benzene rings is 1. The van der Waals surface area contributed by atoms with Gasteiger partial charge in [-0.3, -0.25) is 4.79 Å². The predicted molar refractivity (Wildman–Crippen MR) is 74.6 cm³/mol. The zero-order valence-electron chi connectivity index (χ0n) is 11.8. The molecule has 1 aromatic carbocycles. The van der Waals surface area contributed by atoms with Crippen LogP contribution in [-0.4, -0.2) is 45.2 Å². The smallest absolute Gasteiger partial charge is 0.226 e. The Morgan fingerprint density at radius 2 is 1.95 bits per heavy atom. The molecule has 0 aliphatic rings. The van der Waals surface area contributed by atoms with Gasteiger partial charge in [-0.15, -0.1) is 0 Å². The molecule has 0 heterocycles. The van der Waals surface area contributed by atoms with Gasteiger partial charge < -0.3 is 20.1 Å². The first-order valence-corrected chi connectivity index (χ1v) is 6.27. The van der Waals surface area contributed by atoms with E-state index in [0.717, 1.165) is 12.0 Å². The van der Waals surface area contributed by atoms with Crippen LogP contribution in [0.25, 0.3) is 0 Å². The first-order valence-electron chi connectivity index (χ1n) is 6.27. The molecule has 0 aliphatic heterocycles. The van der Waals surface area contributed by atoms with Gasteiger partial charge in [-0.1, -0.05) is 6.07 Å². The van der Waals surface area contributed by atoms with E-state index in [1.807, 2.05) is 12.1 Å². The topological polar surface area (TPSA) is 64.8 Å². The maximum atomic E-state index is 12.0. The average Bonchev–Trinajstić information content (AvgIpc) is 2.44. The summed E-state index contributed by atoms with van der Waals surface area (Å²) in [6, 6.07) is 5.50. The molecule has 5 heteroatoms. The fourth-order valence-electron chi connectivity index (χ4n) is 1.75. The normalized spacial score (nSPS) is 10.1. The minimum absolute atomic E-state index is 0.0701. The SMILES string of the molecule is COc1ccc(CC(=O)N(C)CCCN)cc1OC. The van der Waals surface area contributed by atoms with Crippen molar-refractivity contribution in [2.75, 3.05) is 34.4 Å². The van der Waals surface area contributed by atoms with Crippen molar-refractivity contribution in [1.82, 2.24) is 4.90 Å². The van der Waals surface area contributed by atoms with Crippen molar-refractivity contribution in [2.45, 2.75) is 12.8 Å². The Bertz CT molecular complexity index is 421. The summed E-state index contributed by atoms with van der Waals surface area (Å²) < 4.78 is 10.4. The van der Waals surface area contributed by atoms with Crippen molar-refractivity contribution >= 4 is 5.91 Å². The first-order chi connectivity index (χ1) is 9.12. The lowest BCUT2D eigenvalue weighted by molar-refractivity contribution is -0.129. The third kappa shape index (κ3) is 4.44. The number of ether oxygens (including phenoxy) is 2. The van der Waals surface area contributed by atoms with Crippen LogP contribution in [-0.2, 0) is 11.2 Å². The summed E-state index contributed by atoms with van der Waals surface area (Å²) in [6.45, 7) is 1.27. The molecular formula is C14H22N2O3. The van der Waals surface area contributed by atoms with Crippen molar-refractivity contribution in [1.29, 1.82) is 0 Å². The molecular weight excluding hydrogens is 244 g/mol. The van der Waals surface area contributed by atoms with Crippen LogP contribution in [0.3, 0.4) is 0 Å². The van der Waals surface area contributed by atoms with Crippen molar-refractivity contribution in [2.24, 2.45) is 5.73 Å². The maximum absolute atomic E-state index is 12.0. The molecule has 0 spiro atoms. The summed E-state index contributed by atoms with van der Waals surface area (Å²) in [5.41, 5.74) is 6.34. The number of nitrogens with two attached hydrogens (primary N) is 1. The third-order valence-corrected chi connectivity index (χ3v) is 2.93. The van der Waals surface area contributed by atoms with Gasteiger partial charge in [0.1, 0.15) is 0 Å². The number of carbonyl (C=O) groups excluding carboxylic acids is 1. The van der Waals surface area contributed by atoms with Crippen molar-refractivity contribution in [3.8, 4) is 11.5 Å². The number of rotatable bonds is 7. The van der Waals surface area contributed by atoms with Gasteiger partial charge in [0.2, 0.25) is 5.91 Å². The van der Waals surface area contributed by atoms with Crippen LogP contribution < -0.4 is 15.2 Å². The Kier molecular flexibility index (Phi) is 6.15. The monoisotopic (exact) mass is 266 g/mol. The molecule has 0 aliphatic carbocycles. The summed E-state index contributed by atoms with van der Waals surface area (Å²) in [7, 11) is 4.96. The number of methoxy groups -OCH3 is 2. The molecule has 0 atom stereocenters. The Morgan fingerprint density at radius 3 is 2.53 bits per heavy atom. The van der Waals surface area contributed by atoms with E-state index in [9.17, 15) is 4.79 Å². The number of hydrogen-bond donors (Lipinski definition) is 1. The predicted octanol–water partition coefficient (Wildman–Crippen LogP) is 1.05. The number of amides is 1. The molecule has 19 heavy (non-hydrogen) atoms. The largest absolute Gasteiger partial charge is 0.493 e. The van der Waals surface area contributed by atoms with E-state index in [0.29, 0.717) is 31.0 Å². The van der Waals surface area contributed by atoms with Gasteiger partial charge in [0, 0.05) is 13.6 Å². The lowest BCUT2D eigenvalue weighted by Gasteiger charge is -2.17. The van der Waals surface area contributed by atoms with Crippen LogP contribution in [0.15, 0.2) is 18.2 Å². The van der Waals surface area contributed by atoms with Gasteiger partial charge in [0.05, 0.1) is 20.6 Å². The molecule has 0 bridgehead atoms. The summed E-state index contributed by atoms with van der Waals surface area (Å²) >= 11 is 0. The second-order valence-corrected chi connectivity index (χ2v) is 4.32. The fraction of sp³-hybridized carbons (Fsp3) is 0.500. The summed E-state index contributed by atoms with van der Waals surface area (Å²) in [6.07, 6.45) is 1.16. The van der Waals surface area contributed by atoms with E-state index in [1.54, 1.807) is 32.2 Å². The average molecular weight is 266 g/mol. The number of likely N-dealkylation sites (N-methyl/N-ethyl adjacent to an activating group) is 1. The van der Waals surface area contributed by atoms with E-state index in [1.165, 1.54) is 0 Å². The van der Waals surface area contributed by atoms with Crippen LogP contribution in [0.2, 0.25) is 0 Å². The zero-order valence-corrected chi connectivity index (χ0v) is 11.8. The lowest BCUT2D eigenvalue weighted by atomic mass is 10.1. The number of carbonyl (C=O) groups is 1. The van der Waals surface area contributed by atoms with Crippen LogP contribution in [0.1, 0.15) is 12.0 Å². The van der Waals surface area contributed by atoms with Gasteiger partial charge in [0.15, 0.2) is 11.5 Å². The third-order valence-electron chi connectivity index (χ3n) is 2.93. The number of hydrogen-bond acceptors (Lipinski definition) is 4. The standard InChI is InChI=1S/C14H22N2O3/c1-16(8-4-7-15)14(17)10-11-5-6-12(18-2)13(9-11)19-3/h5-6,9H,4,7-8,10,15H2,1-3H3. The van der Waals surface area contributed by atoms with E-state index in [4.69, 9.17) is 15.2 Å². The molecule has 106 valence electrons. The molecule has 1 amide bonds. The van der Waals surface area contributed by atoms with Gasteiger partial charge in [-0.05, 0) is 30.7 Å². The van der Waals surface area contributed by atoms with Crippen LogP contribution in [0.4, 0.5) is 0 Å². The molecule has 0 radical (unpaired) electrons. The van der Waals surface area contributed by atoms with Crippen molar-refractivity contribution in [3.05, 3.63) is 23.8 Å². The lowest BCUT2D eigenvalue weighted by Crippen LogP contribution is -2.30. The Morgan fingerprint density at radius 1 is 1.26 bits per heavy atom. The highest BCUT2D eigenvalue weighted by Crippen LogP contribution is 2.27. The summed E-state index contributed by atoms with van der Waals surface area (Å²) in [5.74, 6) is 1.37. The molecule has 0 saturated carbocycles. The van der Waals surface area contributed by atoms with E-state index in [2.05, 4.69) is 0 Å². The molecule has 0 fully saturated rings. The highest BCUT2D eigenvalue weighted by atomic mass is 16.5. The van der Waals surface area contributed by atoms with Gasteiger partial charge in [0.25, 0.3) is 0 Å². The minimum Gasteiger partial charge on any atom is -0.493 e. The van der Waals surface area contributed by atoms with Crippen molar-refractivity contribution < 1.29 is 14.3 Å². The molecule has 0 saturated heterocycles. The maximum Gasteiger partial charge on any atom is 0.226 e. The molecule has 1 rings (SSSR count). The van der Waals surface area contributed by atoms with Crippen molar-refractivity contribution in [3.63, 3.8) is 0 Å². The summed E-state index contributed by atoms with van der Waals surface area (Å²) in [4.78, 5) is 13.7. The second-order valence-electron chi connectivity index (χ2n) is 4.32. The van der Waals surface area contributed by atoms with Crippen LogP contribution in [0, 0.1) is 0 Å². The van der Waals surface area contributed by atoms with E-state index >= 15 is 0 Å². The quantitative estimate of drug-likeness (QED) is 0.801. The Labute approximate surface area is 114 Å². The minimum atomic E-state index is 0.0701. The van der Waals surface area contributed by atoms with E-state index in [-0.39, 0.29) is 5.91 Å². The molecule has 0 aromatic heterocycles. The summed E-state index contributed by atoms with van der Waals surface area (Å²) in [5, 5.41) is 0. The van der Waals surface area contributed by atoms with Gasteiger partial charge >= 0.3 is 0 Å². The van der Waals surface area contributed by atoms with Gasteiger partial charge in [-0.2, -0.15) is 0 Å². The fourth-order valence-corrected chi connectivity index (χ4v) is 1.75. The second kappa shape index (κ2) is 7.63. The Hall–Kier alpha value is -1.75. The molecule has 1 aromatic rings. The highest BCUT2D eigenvalue weighted by Gasteiger charge is 2.11. The zero-order chi connectivity index (χ0) is 14.3. The Balaban J connectivity index is 2.69. The van der Waals surface area contributed by atoms with Gasteiger partial charge in [-0.25, -0.2) is 0 Å². The molecule has 5 nitrogen and oxygen atoms in total. The van der Waals surface area contributed by atoms with E-state index < -0.39 is 0 Å². The van der Waals surface area contributed by atoms with Crippen LogP contribution in [0.5, 0.6) is 11.5 Å². The highest BCUT2D eigenvalue weighted by molar-refractivity contribution is 5.78. The first kappa shape index (κ1) is 15.3.